The van der Waals surface area contributed by atoms with E-state index in [1.807, 2.05) is 42.7 Å². The first kappa shape index (κ1) is 23.2. The first-order chi connectivity index (χ1) is 19.2. The Kier molecular flexibility index (Phi) is 5.81. The summed E-state index contributed by atoms with van der Waals surface area (Å²) in [6.45, 7) is 6.41. The molecular weight excluding hydrogens is 482 g/mol. The maximum atomic E-state index is 4.66. The van der Waals surface area contributed by atoms with E-state index in [1.165, 1.54) is 30.3 Å². The molecule has 0 spiro atoms. The van der Waals surface area contributed by atoms with E-state index in [0.29, 0.717) is 5.65 Å². The van der Waals surface area contributed by atoms with E-state index in [1.54, 1.807) is 6.20 Å². The topological polar surface area (TPSA) is 85.5 Å². The van der Waals surface area contributed by atoms with E-state index in [4.69, 9.17) is 0 Å². The summed E-state index contributed by atoms with van der Waals surface area (Å²) in [6.07, 6.45) is 9.32. The number of hydrogen-bond donors (Lipinski definition) is 3. The van der Waals surface area contributed by atoms with Crippen LogP contribution in [0.4, 0.5) is 11.4 Å². The van der Waals surface area contributed by atoms with Crippen molar-refractivity contribution in [3.05, 3.63) is 97.5 Å². The third-order valence-corrected chi connectivity index (χ3v) is 7.51. The number of nitrogens with one attached hydrogen (secondary N) is 3. The predicted molar refractivity (Wildman–Crippen MR) is 160 cm³/mol. The molecule has 5 heterocycles. The van der Waals surface area contributed by atoms with Crippen molar-refractivity contribution in [2.45, 2.75) is 19.3 Å². The van der Waals surface area contributed by atoms with Crippen molar-refractivity contribution in [3.63, 3.8) is 0 Å². The standard InChI is InChI=1S/C32H29N7/c1-21(22-9-4-2-5-10-22)35-25-15-23(18-33-20-25)24-16-27-31(37-38-32(27)34-19-24)29-17-26-28(36-29)11-8-12-30(26)39-13-6-3-7-14-39/h2,4-5,8-12,15-20,35-36H,1,3,6-7,13-14H2,(H,34,37,38). The van der Waals surface area contributed by atoms with Gasteiger partial charge in [0.05, 0.1) is 23.3 Å². The van der Waals surface area contributed by atoms with Gasteiger partial charge in [-0.3, -0.25) is 10.1 Å². The molecule has 1 aliphatic heterocycles. The van der Waals surface area contributed by atoms with E-state index >= 15 is 0 Å². The highest BCUT2D eigenvalue weighted by Gasteiger charge is 2.17. The molecule has 0 atom stereocenters. The van der Waals surface area contributed by atoms with Crippen molar-refractivity contribution in [2.75, 3.05) is 23.3 Å². The smallest absolute Gasteiger partial charge is 0.181 e. The quantitative estimate of drug-likeness (QED) is 0.219. The number of H-pyrrole nitrogens is 2. The average molecular weight is 512 g/mol. The van der Waals surface area contributed by atoms with Crippen LogP contribution in [-0.2, 0) is 0 Å². The molecule has 0 radical (unpaired) electrons. The minimum Gasteiger partial charge on any atom is -0.371 e. The lowest BCUT2D eigenvalue weighted by Gasteiger charge is -2.29. The van der Waals surface area contributed by atoms with Crippen LogP contribution in [0.5, 0.6) is 0 Å². The molecule has 0 amide bonds. The fourth-order valence-corrected chi connectivity index (χ4v) is 5.50. The molecule has 0 aliphatic carbocycles. The minimum atomic E-state index is 0.684. The van der Waals surface area contributed by atoms with Gasteiger partial charge in [0.1, 0.15) is 0 Å². The van der Waals surface area contributed by atoms with Gasteiger partial charge in [0.15, 0.2) is 5.65 Å². The Morgan fingerprint density at radius 1 is 0.846 bits per heavy atom. The number of aromatic amines is 2. The van der Waals surface area contributed by atoms with Crippen LogP contribution in [0.25, 0.3) is 50.1 Å². The van der Waals surface area contributed by atoms with Crippen LogP contribution in [0.3, 0.4) is 0 Å². The molecule has 7 nitrogen and oxygen atoms in total. The van der Waals surface area contributed by atoms with Gasteiger partial charge in [-0.05, 0) is 55.2 Å². The molecule has 0 saturated carbocycles. The lowest BCUT2D eigenvalue weighted by Crippen LogP contribution is -2.29. The summed E-state index contributed by atoms with van der Waals surface area (Å²) in [5.74, 6) is 0. The molecule has 7 rings (SSSR count). The number of benzene rings is 2. The van der Waals surface area contributed by atoms with Crippen molar-refractivity contribution in [2.24, 2.45) is 0 Å². The zero-order chi connectivity index (χ0) is 26.2. The van der Waals surface area contributed by atoms with Crippen molar-refractivity contribution in [3.8, 4) is 22.5 Å². The molecular formula is C32H29N7. The fourth-order valence-electron chi connectivity index (χ4n) is 5.50. The number of rotatable bonds is 6. The Hall–Kier alpha value is -4.91. The van der Waals surface area contributed by atoms with Crippen LogP contribution >= 0.6 is 0 Å². The van der Waals surface area contributed by atoms with Crippen LogP contribution in [0, 0.1) is 0 Å². The number of pyridine rings is 2. The van der Waals surface area contributed by atoms with Crippen LogP contribution in [0.1, 0.15) is 24.8 Å². The van der Waals surface area contributed by atoms with E-state index in [-0.39, 0.29) is 0 Å². The molecule has 1 fully saturated rings. The van der Waals surface area contributed by atoms with Crippen molar-refractivity contribution >= 4 is 39.0 Å². The fraction of sp³-hybridized carbons (Fsp3) is 0.156. The van der Waals surface area contributed by atoms with Gasteiger partial charge in [-0.25, -0.2) is 4.98 Å². The Morgan fingerprint density at radius 3 is 2.56 bits per heavy atom. The van der Waals surface area contributed by atoms with E-state index in [2.05, 4.69) is 78.3 Å². The third-order valence-electron chi connectivity index (χ3n) is 7.51. The van der Waals surface area contributed by atoms with Gasteiger partial charge in [0, 0.05) is 64.3 Å². The Bertz CT molecular complexity index is 1790. The van der Waals surface area contributed by atoms with E-state index < -0.39 is 0 Å². The third kappa shape index (κ3) is 4.42. The van der Waals surface area contributed by atoms with Crippen molar-refractivity contribution < 1.29 is 0 Å². The zero-order valence-corrected chi connectivity index (χ0v) is 21.6. The Balaban J connectivity index is 1.22. The molecule has 7 heteroatoms. The highest BCUT2D eigenvalue weighted by atomic mass is 15.2. The Morgan fingerprint density at radius 2 is 1.69 bits per heavy atom. The first-order valence-electron chi connectivity index (χ1n) is 13.4. The predicted octanol–water partition coefficient (Wildman–Crippen LogP) is 7.24. The van der Waals surface area contributed by atoms with E-state index in [9.17, 15) is 0 Å². The van der Waals surface area contributed by atoms with Gasteiger partial charge in [0.2, 0.25) is 0 Å². The number of fused-ring (bicyclic) bond motifs is 2. The highest BCUT2D eigenvalue weighted by molar-refractivity contribution is 6.00. The molecule has 192 valence electrons. The van der Waals surface area contributed by atoms with Crippen LogP contribution in [0.2, 0.25) is 0 Å². The minimum absolute atomic E-state index is 0.684. The van der Waals surface area contributed by atoms with Crippen LogP contribution in [-0.4, -0.2) is 38.2 Å². The highest BCUT2D eigenvalue weighted by Crippen LogP contribution is 2.35. The van der Waals surface area contributed by atoms with Gasteiger partial charge in [-0.15, -0.1) is 0 Å². The molecule has 1 aliphatic rings. The first-order valence-corrected chi connectivity index (χ1v) is 13.4. The molecule has 39 heavy (non-hydrogen) atoms. The van der Waals surface area contributed by atoms with E-state index in [0.717, 1.165) is 63.5 Å². The monoisotopic (exact) mass is 511 g/mol. The average Bonchev–Trinajstić information content (AvgIpc) is 3.62. The molecule has 6 aromatic rings. The summed E-state index contributed by atoms with van der Waals surface area (Å²) in [5, 5.41) is 13.3. The Labute approximate surface area is 226 Å². The van der Waals surface area contributed by atoms with Gasteiger partial charge < -0.3 is 15.2 Å². The molecule has 1 saturated heterocycles. The summed E-state index contributed by atoms with van der Waals surface area (Å²) in [4.78, 5) is 15.3. The van der Waals surface area contributed by atoms with Crippen molar-refractivity contribution in [1.82, 2.24) is 25.1 Å². The second kappa shape index (κ2) is 9.76. The summed E-state index contributed by atoms with van der Waals surface area (Å²) in [5.41, 5.74) is 9.70. The number of piperidine rings is 1. The number of nitrogens with zero attached hydrogens (tertiary/aromatic N) is 4. The van der Waals surface area contributed by atoms with Crippen molar-refractivity contribution in [1.29, 1.82) is 0 Å². The largest absolute Gasteiger partial charge is 0.371 e. The second-order valence-electron chi connectivity index (χ2n) is 10.1. The zero-order valence-electron chi connectivity index (χ0n) is 21.6. The van der Waals surface area contributed by atoms with Gasteiger partial charge in [-0.1, -0.05) is 43.0 Å². The SMILES string of the molecule is C=C(Nc1cncc(-c2cnc3n[nH]c(-c4cc5c(N6CCCCC6)cccc5[nH]4)c3c2)c1)c1ccccc1. The molecule has 0 unspecified atom stereocenters. The summed E-state index contributed by atoms with van der Waals surface area (Å²) in [7, 11) is 0. The molecule has 4 aromatic heterocycles. The second-order valence-corrected chi connectivity index (χ2v) is 10.1. The lowest BCUT2D eigenvalue weighted by atomic mass is 10.1. The summed E-state index contributed by atoms with van der Waals surface area (Å²) in [6, 6.07) is 23.0. The molecule has 0 bridgehead atoms. The lowest BCUT2D eigenvalue weighted by molar-refractivity contribution is 0.579. The number of aromatic nitrogens is 5. The van der Waals surface area contributed by atoms with Gasteiger partial charge in [0.25, 0.3) is 0 Å². The van der Waals surface area contributed by atoms with Gasteiger partial charge >= 0.3 is 0 Å². The summed E-state index contributed by atoms with van der Waals surface area (Å²) >= 11 is 0. The summed E-state index contributed by atoms with van der Waals surface area (Å²) < 4.78 is 0. The normalized spacial score (nSPS) is 13.7. The van der Waals surface area contributed by atoms with Crippen LogP contribution in [0.15, 0.2) is 91.9 Å². The molecule has 2 aromatic carbocycles. The molecule has 3 N–H and O–H groups in total. The number of hydrogen-bond acceptors (Lipinski definition) is 5. The van der Waals surface area contributed by atoms with Crippen LogP contribution < -0.4 is 10.2 Å². The maximum Gasteiger partial charge on any atom is 0.181 e. The maximum absolute atomic E-state index is 4.66. The van der Waals surface area contributed by atoms with Gasteiger partial charge in [-0.2, -0.15) is 5.10 Å². The number of anilines is 2.